The lowest BCUT2D eigenvalue weighted by Gasteiger charge is -2.33. The zero-order chi connectivity index (χ0) is 47.8. The summed E-state index contributed by atoms with van der Waals surface area (Å²) in [5, 5.41) is 12.4. The van der Waals surface area contributed by atoms with Gasteiger partial charge >= 0.3 is 0 Å². The molecule has 1 spiro atoms. The summed E-state index contributed by atoms with van der Waals surface area (Å²) in [5.41, 5.74) is 19.0. The van der Waals surface area contributed by atoms with E-state index in [0.717, 1.165) is 28.3 Å². The number of fused-ring (bicyclic) bond motifs is 20. The van der Waals surface area contributed by atoms with E-state index >= 15 is 0 Å². The Morgan fingerprint density at radius 2 is 0.767 bits per heavy atom. The molecular formula is C71H44N2. The van der Waals surface area contributed by atoms with Crippen molar-refractivity contribution in [3.63, 3.8) is 0 Å². The third kappa shape index (κ3) is 5.58. The van der Waals surface area contributed by atoms with E-state index in [9.17, 15) is 0 Å². The Morgan fingerprint density at radius 3 is 1.44 bits per heavy atom. The minimum absolute atomic E-state index is 0.538. The zero-order valence-corrected chi connectivity index (χ0v) is 39.8. The standard InChI is InChI=1S/C71H44N2/c1-2-20-48(21-3-1)73-68-33-17-13-29-59(68)60-39-37-50(42-69(60)73)72(49-36-38-55-53-24-7-6-22-51(53)52-23-8-9-25-54(52)62(55)41-49)70-44-67-63(43-61(70)47-35-34-45-18-4-5-19-46(45)40-47)58-28-12-16-32-66(58)71(67)64-30-14-10-26-56(64)57-27-11-15-31-65(57)71/h1-44H. The normalized spacial score (nSPS) is 13.0. The summed E-state index contributed by atoms with van der Waals surface area (Å²) in [6.45, 7) is 0. The molecule has 1 aromatic heterocycles. The molecule has 14 aromatic rings. The van der Waals surface area contributed by atoms with Crippen LogP contribution in [0.4, 0.5) is 17.1 Å². The molecule has 338 valence electrons. The third-order valence-electron chi connectivity index (χ3n) is 16.3. The van der Waals surface area contributed by atoms with Gasteiger partial charge in [0, 0.05) is 33.4 Å². The highest BCUT2D eigenvalue weighted by molar-refractivity contribution is 6.26. The Balaban J connectivity index is 1.06. The van der Waals surface area contributed by atoms with Crippen molar-refractivity contribution in [2.24, 2.45) is 0 Å². The summed E-state index contributed by atoms with van der Waals surface area (Å²) in [6.07, 6.45) is 0. The predicted molar refractivity (Wildman–Crippen MR) is 307 cm³/mol. The number of aromatic nitrogens is 1. The van der Waals surface area contributed by atoms with Crippen LogP contribution in [-0.4, -0.2) is 4.57 Å². The molecule has 13 aromatic carbocycles. The minimum Gasteiger partial charge on any atom is -0.310 e. The van der Waals surface area contributed by atoms with Crippen LogP contribution in [0, 0.1) is 0 Å². The number of hydrogen-bond acceptors (Lipinski definition) is 1. The first-order valence-corrected chi connectivity index (χ1v) is 25.4. The van der Waals surface area contributed by atoms with Crippen LogP contribution in [0.1, 0.15) is 22.3 Å². The van der Waals surface area contributed by atoms with Gasteiger partial charge in [-0.3, -0.25) is 0 Å². The largest absolute Gasteiger partial charge is 0.310 e. The molecule has 0 fully saturated rings. The lowest BCUT2D eigenvalue weighted by Crippen LogP contribution is -2.26. The summed E-state index contributed by atoms with van der Waals surface area (Å²) < 4.78 is 2.44. The van der Waals surface area contributed by atoms with Crippen molar-refractivity contribution in [1.82, 2.24) is 4.57 Å². The molecule has 2 aliphatic rings. The van der Waals surface area contributed by atoms with E-state index in [1.165, 1.54) is 115 Å². The van der Waals surface area contributed by atoms with Crippen molar-refractivity contribution in [2.45, 2.75) is 5.41 Å². The van der Waals surface area contributed by atoms with Crippen LogP contribution in [0.5, 0.6) is 0 Å². The molecule has 1 heterocycles. The number of hydrogen-bond donors (Lipinski definition) is 0. The summed E-state index contributed by atoms with van der Waals surface area (Å²) in [5.74, 6) is 0. The smallest absolute Gasteiger partial charge is 0.0726 e. The molecule has 16 rings (SSSR count). The third-order valence-corrected chi connectivity index (χ3v) is 16.3. The molecule has 0 saturated heterocycles. The average molecular weight is 925 g/mol. The molecular weight excluding hydrogens is 881 g/mol. The molecule has 73 heavy (non-hydrogen) atoms. The van der Waals surface area contributed by atoms with E-state index in [2.05, 4.69) is 276 Å². The van der Waals surface area contributed by atoms with Crippen LogP contribution in [-0.2, 0) is 5.41 Å². The van der Waals surface area contributed by atoms with Crippen molar-refractivity contribution >= 4 is 82.0 Å². The van der Waals surface area contributed by atoms with Crippen LogP contribution >= 0.6 is 0 Å². The second-order valence-corrected chi connectivity index (χ2v) is 19.9. The monoisotopic (exact) mass is 924 g/mol. The number of benzene rings is 13. The Bertz CT molecular complexity index is 4550. The van der Waals surface area contributed by atoms with Gasteiger partial charge in [0.25, 0.3) is 0 Å². The summed E-state index contributed by atoms with van der Waals surface area (Å²) in [6, 6.07) is 100. The van der Waals surface area contributed by atoms with Gasteiger partial charge in [-0.15, -0.1) is 0 Å². The van der Waals surface area contributed by atoms with Crippen LogP contribution < -0.4 is 4.90 Å². The second kappa shape index (κ2) is 15.3. The number of rotatable bonds is 5. The van der Waals surface area contributed by atoms with Gasteiger partial charge in [-0.2, -0.15) is 0 Å². The van der Waals surface area contributed by atoms with Crippen LogP contribution in [0.2, 0.25) is 0 Å². The first-order chi connectivity index (χ1) is 36.2. The van der Waals surface area contributed by atoms with Crippen LogP contribution in [0.25, 0.3) is 104 Å². The van der Waals surface area contributed by atoms with Gasteiger partial charge in [0.2, 0.25) is 0 Å². The predicted octanol–water partition coefficient (Wildman–Crippen LogP) is 18.9. The van der Waals surface area contributed by atoms with Crippen LogP contribution in [0.15, 0.2) is 267 Å². The van der Waals surface area contributed by atoms with Gasteiger partial charge in [-0.05, 0) is 154 Å². The van der Waals surface area contributed by atoms with Crippen molar-refractivity contribution in [3.8, 4) is 39.1 Å². The van der Waals surface area contributed by atoms with E-state index in [1.54, 1.807) is 0 Å². The molecule has 2 nitrogen and oxygen atoms in total. The number of anilines is 3. The molecule has 0 unspecified atom stereocenters. The average Bonchev–Trinajstić information content (AvgIpc) is 4.14. The molecule has 0 N–H and O–H groups in total. The van der Waals surface area contributed by atoms with E-state index in [0.29, 0.717) is 0 Å². The Kier molecular flexibility index (Phi) is 8.41. The molecule has 0 radical (unpaired) electrons. The first-order valence-electron chi connectivity index (χ1n) is 25.4. The lowest BCUT2D eigenvalue weighted by molar-refractivity contribution is 0.794. The highest BCUT2D eigenvalue weighted by Gasteiger charge is 2.52. The number of para-hydroxylation sites is 2. The highest BCUT2D eigenvalue weighted by Crippen LogP contribution is 2.64. The molecule has 2 aliphatic carbocycles. The van der Waals surface area contributed by atoms with Crippen LogP contribution in [0.3, 0.4) is 0 Å². The van der Waals surface area contributed by atoms with Crippen molar-refractivity contribution in [2.75, 3.05) is 4.90 Å². The molecule has 2 heteroatoms. The molecule has 0 aliphatic heterocycles. The van der Waals surface area contributed by atoms with Gasteiger partial charge in [-0.1, -0.05) is 206 Å². The molecule has 0 bridgehead atoms. The lowest BCUT2D eigenvalue weighted by atomic mass is 9.70. The van der Waals surface area contributed by atoms with E-state index in [-0.39, 0.29) is 0 Å². The van der Waals surface area contributed by atoms with Crippen molar-refractivity contribution in [1.29, 1.82) is 0 Å². The van der Waals surface area contributed by atoms with Gasteiger partial charge in [0.1, 0.15) is 0 Å². The summed E-state index contributed by atoms with van der Waals surface area (Å²) >= 11 is 0. The first kappa shape index (κ1) is 40.3. The highest BCUT2D eigenvalue weighted by atomic mass is 15.1. The zero-order valence-electron chi connectivity index (χ0n) is 39.8. The van der Waals surface area contributed by atoms with Gasteiger partial charge < -0.3 is 9.47 Å². The van der Waals surface area contributed by atoms with Gasteiger partial charge in [0.15, 0.2) is 0 Å². The van der Waals surface area contributed by atoms with E-state index in [1.807, 2.05) is 0 Å². The molecule has 0 saturated carbocycles. The number of nitrogens with zero attached hydrogens (tertiary/aromatic N) is 2. The van der Waals surface area contributed by atoms with Gasteiger partial charge in [0.05, 0.1) is 22.1 Å². The Hall–Kier alpha value is -9.50. The fourth-order valence-corrected chi connectivity index (χ4v) is 13.3. The quantitative estimate of drug-likeness (QED) is 0.156. The maximum absolute atomic E-state index is 2.58. The summed E-state index contributed by atoms with van der Waals surface area (Å²) in [4.78, 5) is 2.57. The van der Waals surface area contributed by atoms with E-state index in [4.69, 9.17) is 0 Å². The van der Waals surface area contributed by atoms with Crippen molar-refractivity contribution in [3.05, 3.63) is 289 Å². The molecule has 0 amide bonds. The maximum Gasteiger partial charge on any atom is 0.0726 e. The topological polar surface area (TPSA) is 8.17 Å². The minimum atomic E-state index is -0.538. The van der Waals surface area contributed by atoms with E-state index < -0.39 is 5.41 Å². The Morgan fingerprint density at radius 1 is 0.274 bits per heavy atom. The van der Waals surface area contributed by atoms with Crippen molar-refractivity contribution < 1.29 is 0 Å². The maximum atomic E-state index is 2.58. The second-order valence-electron chi connectivity index (χ2n) is 19.9. The molecule has 0 atom stereocenters. The van der Waals surface area contributed by atoms with Gasteiger partial charge in [-0.25, -0.2) is 0 Å². The SMILES string of the molecule is c1ccc(-n2c3ccccc3c3ccc(N(c4ccc5c6ccccc6c6ccccc6c5c4)c4cc5c(cc4-c4ccc6ccccc6c4)-c4ccccc4C54c5ccccc5-c5ccccc54)cc32)cc1. The summed E-state index contributed by atoms with van der Waals surface area (Å²) in [7, 11) is 0. The fraction of sp³-hybridized carbons (Fsp3) is 0.0141. The Labute approximate surface area is 422 Å². The fourth-order valence-electron chi connectivity index (χ4n) is 13.3.